The predicted octanol–water partition coefficient (Wildman–Crippen LogP) is 3.00. The second-order valence-corrected chi connectivity index (χ2v) is 5.81. The zero-order chi connectivity index (χ0) is 14.8. The lowest BCUT2D eigenvalue weighted by Crippen LogP contribution is -2.41. The van der Waals surface area contributed by atoms with Gasteiger partial charge < -0.3 is 15.7 Å². The van der Waals surface area contributed by atoms with Crippen LogP contribution in [0.4, 0.5) is 10.5 Å². The average molecular weight is 276 g/mol. The van der Waals surface area contributed by atoms with Crippen molar-refractivity contribution in [3.8, 4) is 0 Å². The number of amides is 2. The van der Waals surface area contributed by atoms with E-state index in [9.17, 15) is 9.59 Å². The molecule has 0 heterocycles. The van der Waals surface area contributed by atoms with Crippen LogP contribution in [0.1, 0.15) is 42.1 Å². The minimum Gasteiger partial charge on any atom is -0.478 e. The van der Waals surface area contributed by atoms with Crippen LogP contribution in [-0.2, 0) is 0 Å². The fourth-order valence-corrected chi connectivity index (χ4v) is 2.41. The van der Waals surface area contributed by atoms with E-state index in [0.29, 0.717) is 17.8 Å². The zero-order valence-corrected chi connectivity index (χ0v) is 11.8. The summed E-state index contributed by atoms with van der Waals surface area (Å²) in [5.74, 6) is -0.962. The van der Waals surface area contributed by atoms with Crippen molar-refractivity contribution in [3.05, 3.63) is 29.3 Å². The highest BCUT2D eigenvalue weighted by Gasteiger charge is 2.31. The maximum atomic E-state index is 11.8. The topological polar surface area (TPSA) is 78.4 Å². The van der Waals surface area contributed by atoms with E-state index >= 15 is 0 Å². The van der Waals surface area contributed by atoms with Gasteiger partial charge in [0.25, 0.3) is 0 Å². The maximum Gasteiger partial charge on any atom is 0.335 e. The number of aryl methyl sites for hydroxylation is 1. The fourth-order valence-electron chi connectivity index (χ4n) is 2.41. The highest BCUT2D eigenvalue weighted by atomic mass is 16.4. The van der Waals surface area contributed by atoms with Gasteiger partial charge in [0.2, 0.25) is 0 Å². The molecule has 0 spiro atoms. The van der Waals surface area contributed by atoms with Gasteiger partial charge in [-0.05, 0) is 48.9 Å². The molecule has 0 aromatic heterocycles. The van der Waals surface area contributed by atoms with Gasteiger partial charge in [-0.2, -0.15) is 0 Å². The van der Waals surface area contributed by atoms with Crippen molar-refractivity contribution in [1.29, 1.82) is 0 Å². The Morgan fingerprint density at radius 3 is 2.55 bits per heavy atom. The second kappa shape index (κ2) is 5.53. The van der Waals surface area contributed by atoms with E-state index in [2.05, 4.69) is 17.6 Å². The number of carboxylic acids is 1. The summed E-state index contributed by atoms with van der Waals surface area (Å²) in [5, 5.41) is 14.5. The number of urea groups is 1. The minimum atomic E-state index is -0.962. The molecule has 1 aliphatic carbocycles. The molecular formula is C15H20N2O3. The molecule has 3 N–H and O–H groups in total. The molecule has 20 heavy (non-hydrogen) atoms. The molecule has 2 rings (SSSR count). The molecule has 1 aliphatic rings. The van der Waals surface area contributed by atoms with Crippen LogP contribution >= 0.6 is 0 Å². The van der Waals surface area contributed by atoms with Crippen LogP contribution < -0.4 is 10.6 Å². The van der Waals surface area contributed by atoms with Crippen molar-refractivity contribution in [2.24, 2.45) is 5.41 Å². The molecule has 0 unspecified atom stereocenters. The number of nitrogens with one attached hydrogen (secondary N) is 2. The van der Waals surface area contributed by atoms with Crippen LogP contribution in [0, 0.1) is 12.3 Å². The molecule has 0 aliphatic heterocycles. The third kappa shape index (κ3) is 3.29. The van der Waals surface area contributed by atoms with Crippen molar-refractivity contribution in [2.45, 2.75) is 33.1 Å². The molecule has 1 aromatic carbocycles. The van der Waals surface area contributed by atoms with Crippen LogP contribution in [0.3, 0.4) is 0 Å². The number of anilines is 1. The monoisotopic (exact) mass is 276 g/mol. The third-order valence-electron chi connectivity index (χ3n) is 3.95. The Hall–Kier alpha value is -2.04. The molecule has 0 atom stereocenters. The lowest BCUT2D eigenvalue weighted by molar-refractivity contribution is 0.0696. The summed E-state index contributed by atoms with van der Waals surface area (Å²) < 4.78 is 0. The number of hydrogen-bond donors (Lipinski definition) is 3. The molecule has 0 bridgehead atoms. The van der Waals surface area contributed by atoms with Crippen LogP contribution in [0.2, 0.25) is 0 Å². The molecule has 1 fully saturated rings. The van der Waals surface area contributed by atoms with Crippen molar-refractivity contribution >= 4 is 17.7 Å². The Balaban J connectivity index is 1.91. The van der Waals surface area contributed by atoms with Gasteiger partial charge in [0.1, 0.15) is 0 Å². The van der Waals surface area contributed by atoms with E-state index in [0.717, 1.165) is 12.8 Å². The SMILES string of the molecule is Cc1cc(NC(=O)NCC2(C)CCC2)ccc1C(=O)O. The summed E-state index contributed by atoms with van der Waals surface area (Å²) in [4.78, 5) is 22.7. The first-order valence-electron chi connectivity index (χ1n) is 6.78. The number of hydrogen-bond acceptors (Lipinski definition) is 2. The maximum absolute atomic E-state index is 11.8. The molecule has 0 radical (unpaired) electrons. The van der Waals surface area contributed by atoms with E-state index < -0.39 is 5.97 Å². The molecule has 5 nitrogen and oxygen atoms in total. The summed E-state index contributed by atoms with van der Waals surface area (Å²) in [5.41, 5.74) is 1.71. The molecule has 1 aromatic rings. The number of carbonyl (C=O) groups is 2. The van der Waals surface area contributed by atoms with Gasteiger partial charge in [-0.3, -0.25) is 0 Å². The molecule has 5 heteroatoms. The van der Waals surface area contributed by atoms with Crippen LogP contribution in [0.25, 0.3) is 0 Å². The number of carbonyl (C=O) groups excluding carboxylic acids is 1. The van der Waals surface area contributed by atoms with Crippen molar-refractivity contribution in [3.63, 3.8) is 0 Å². The number of rotatable bonds is 4. The van der Waals surface area contributed by atoms with Gasteiger partial charge in [-0.15, -0.1) is 0 Å². The largest absolute Gasteiger partial charge is 0.478 e. The third-order valence-corrected chi connectivity index (χ3v) is 3.95. The lowest BCUT2D eigenvalue weighted by Gasteiger charge is -2.38. The van der Waals surface area contributed by atoms with Gasteiger partial charge in [0.05, 0.1) is 5.56 Å². The van der Waals surface area contributed by atoms with Crippen LogP contribution in [0.15, 0.2) is 18.2 Å². The van der Waals surface area contributed by atoms with Crippen molar-refractivity contribution in [1.82, 2.24) is 5.32 Å². The molecule has 1 saturated carbocycles. The molecule has 108 valence electrons. The van der Waals surface area contributed by atoms with Crippen molar-refractivity contribution in [2.75, 3.05) is 11.9 Å². The minimum absolute atomic E-state index is 0.237. The smallest absolute Gasteiger partial charge is 0.335 e. The summed E-state index contributed by atoms with van der Waals surface area (Å²) in [6.07, 6.45) is 3.54. The zero-order valence-electron chi connectivity index (χ0n) is 11.8. The van der Waals surface area contributed by atoms with Gasteiger partial charge in [-0.1, -0.05) is 13.3 Å². The summed E-state index contributed by atoms with van der Waals surface area (Å²) in [6, 6.07) is 4.51. The van der Waals surface area contributed by atoms with E-state index in [1.807, 2.05) is 0 Å². The second-order valence-electron chi connectivity index (χ2n) is 5.81. The molecule has 0 saturated heterocycles. The van der Waals surface area contributed by atoms with E-state index in [1.165, 1.54) is 12.5 Å². The van der Waals surface area contributed by atoms with Gasteiger partial charge in [0.15, 0.2) is 0 Å². The lowest BCUT2D eigenvalue weighted by atomic mass is 9.70. The highest BCUT2D eigenvalue weighted by molar-refractivity contribution is 5.92. The summed E-state index contributed by atoms with van der Waals surface area (Å²) in [7, 11) is 0. The fraction of sp³-hybridized carbons (Fsp3) is 0.467. The number of aromatic carboxylic acids is 1. The first-order valence-corrected chi connectivity index (χ1v) is 6.78. The standard InChI is InChI=1S/C15H20N2O3/c1-10-8-11(4-5-12(10)13(18)19)17-14(20)16-9-15(2)6-3-7-15/h4-5,8H,3,6-7,9H2,1-2H3,(H,18,19)(H2,16,17,20). The Labute approximate surface area is 118 Å². The number of benzene rings is 1. The quantitative estimate of drug-likeness (QED) is 0.791. The van der Waals surface area contributed by atoms with Crippen molar-refractivity contribution < 1.29 is 14.7 Å². The van der Waals surface area contributed by atoms with Crippen LogP contribution in [-0.4, -0.2) is 23.7 Å². The number of carboxylic acid groups (broad SMARTS) is 1. The first-order chi connectivity index (χ1) is 9.39. The summed E-state index contributed by atoms with van der Waals surface area (Å²) in [6.45, 7) is 4.55. The first kappa shape index (κ1) is 14.4. The normalized spacial score (nSPS) is 16.1. The van der Waals surface area contributed by atoms with E-state index in [-0.39, 0.29) is 17.0 Å². The van der Waals surface area contributed by atoms with Gasteiger partial charge in [-0.25, -0.2) is 9.59 Å². The highest BCUT2D eigenvalue weighted by Crippen LogP contribution is 2.39. The van der Waals surface area contributed by atoms with Gasteiger partial charge >= 0.3 is 12.0 Å². The van der Waals surface area contributed by atoms with Gasteiger partial charge in [0, 0.05) is 12.2 Å². The Morgan fingerprint density at radius 1 is 1.35 bits per heavy atom. The van der Waals surface area contributed by atoms with Crippen LogP contribution in [0.5, 0.6) is 0 Å². The molecule has 2 amide bonds. The Morgan fingerprint density at radius 2 is 2.05 bits per heavy atom. The molecular weight excluding hydrogens is 256 g/mol. The summed E-state index contributed by atoms with van der Waals surface area (Å²) >= 11 is 0. The van der Waals surface area contributed by atoms with E-state index in [4.69, 9.17) is 5.11 Å². The van der Waals surface area contributed by atoms with E-state index in [1.54, 1.807) is 19.1 Å². The predicted molar refractivity (Wildman–Crippen MR) is 77.1 cm³/mol. The Bertz CT molecular complexity index is 536. The average Bonchev–Trinajstić information content (AvgIpc) is 2.33. The Kier molecular flexibility index (Phi) is 3.97.